The lowest BCUT2D eigenvalue weighted by molar-refractivity contribution is -0.141. The summed E-state index contributed by atoms with van der Waals surface area (Å²) in [5.74, 6) is -1.61. The summed E-state index contributed by atoms with van der Waals surface area (Å²) in [5.41, 5.74) is 0.502. The van der Waals surface area contributed by atoms with Gasteiger partial charge in [-0.1, -0.05) is 37.5 Å². The summed E-state index contributed by atoms with van der Waals surface area (Å²) < 4.78 is 18.8. The van der Waals surface area contributed by atoms with Gasteiger partial charge in [-0.3, -0.25) is 14.4 Å². The third kappa shape index (κ3) is 6.57. The third-order valence-electron chi connectivity index (χ3n) is 6.07. The van der Waals surface area contributed by atoms with Crippen LogP contribution in [0.2, 0.25) is 0 Å². The van der Waals surface area contributed by atoms with Gasteiger partial charge in [0, 0.05) is 10.9 Å². The number of carbonyl (C=O) groups excluding carboxylic acids is 3. The van der Waals surface area contributed by atoms with Gasteiger partial charge in [0.1, 0.15) is 11.9 Å². The second-order valence-electron chi connectivity index (χ2n) is 8.56. The van der Waals surface area contributed by atoms with E-state index in [2.05, 4.69) is 10.6 Å². The average molecular weight is 498 g/mol. The zero-order chi connectivity index (χ0) is 24.6. The molecule has 2 heterocycles. The van der Waals surface area contributed by atoms with Crippen molar-refractivity contribution in [1.29, 1.82) is 0 Å². The van der Waals surface area contributed by atoms with Gasteiger partial charge in [0.15, 0.2) is 5.76 Å². The van der Waals surface area contributed by atoms with E-state index < -0.39 is 23.7 Å². The van der Waals surface area contributed by atoms with E-state index in [0.717, 1.165) is 37.0 Å². The smallest absolute Gasteiger partial charge is 0.287 e. The van der Waals surface area contributed by atoms with E-state index in [-0.39, 0.29) is 30.8 Å². The summed E-state index contributed by atoms with van der Waals surface area (Å²) in [5, 5.41) is 7.57. The van der Waals surface area contributed by atoms with E-state index in [1.807, 2.05) is 17.5 Å². The molecular weight excluding hydrogens is 469 g/mol. The maximum absolute atomic E-state index is 13.7. The molecule has 1 unspecified atom stereocenters. The molecule has 1 fully saturated rings. The number of hydrogen-bond acceptors (Lipinski definition) is 5. The van der Waals surface area contributed by atoms with Crippen LogP contribution in [0, 0.1) is 5.82 Å². The third-order valence-corrected chi connectivity index (χ3v) is 6.93. The first-order valence-electron chi connectivity index (χ1n) is 11.7. The van der Waals surface area contributed by atoms with E-state index in [1.54, 1.807) is 6.07 Å². The zero-order valence-corrected chi connectivity index (χ0v) is 20.1. The van der Waals surface area contributed by atoms with Crippen LogP contribution in [-0.2, 0) is 16.1 Å². The number of halogens is 1. The van der Waals surface area contributed by atoms with Gasteiger partial charge in [-0.25, -0.2) is 4.39 Å². The van der Waals surface area contributed by atoms with Crippen molar-refractivity contribution in [2.45, 2.75) is 50.7 Å². The van der Waals surface area contributed by atoms with E-state index in [9.17, 15) is 18.8 Å². The molecular formula is C26H28FN3O4S. The van der Waals surface area contributed by atoms with Crippen LogP contribution in [0.5, 0.6) is 0 Å². The highest BCUT2D eigenvalue weighted by Gasteiger charge is 2.33. The fraction of sp³-hybridized carbons (Fsp3) is 0.346. The van der Waals surface area contributed by atoms with Crippen molar-refractivity contribution < 1.29 is 23.2 Å². The summed E-state index contributed by atoms with van der Waals surface area (Å²) in [4.78, 5) is 41.7. The van der Waals surface area contributed by atoms with Gasteiger partial charge in [0.2, 0.25) is 11.8 Å². The quantitative estimate of drug-likeness (QED) is 0.458. The Morgan fingerprint density at radius 1 is 1.06 bits per heavy atom. The SMILES string of the molecule is O=C(NCC(=O)N(Cc1cccs1)C(C(=O)NC1CCCCC1)c1ccc(F)cc1)c1ccco1. The molecule has 1 aliphatic carbocycles. The van der Waals surface area contributed by atoms with Crippen LogP contribution in [-0.4, -0.2) is 35.2 Å². The topological polar surface area (TPSA) is 91.7 Å². The van der Waals surface area contributed by atoms with E-state index in [0.29, 0.717) is 5.56 Å². The first kappa shape index (κ1) is 24.7. The van der Waals surface area contributed by atoms with E-state index in [4.69, 9.17) is 4.42 Å². The molecule has 1 atom stereocenters. The molecule has 3 aromatic rings. The molecule has 4 rings (SSSR count). The number of benzene rings is 1. The van der Waals surface area contributed by atoms with Gasteiger partial charge in [0.25, 0.3) is 5.91 Å². The zero-order valence-electron chi connectivity index (χ0n) is 19.2. The molecule has 9 heteroatoms. The van der Waals surface area contributed by atoms with Gasteiger partial charge < -0.3 is 20.0 Å². The number of rotatable bonds is 9. The van der Waals surface area contributed by atoms with Crippen molar-refractivity contribution >= 4 is 29.1 Å². The van der Waals surface area contributed by atoms with Crippen molar-refractivity contribution in [3.63, 3.8) is 0 Å². The highest BCUT2D eigenvalue weighted by Crippen LogP contribution is 2.27. The number of hydrogen-bond donors (Lipinski definition) is 2. The van der Waals surface area contributed by atoms with Crippen LogP contribution in [0.1, 0.15) is 59.1 Å². The van der Waals surface area contributed by atoms with Crippen molar-refractivity contribution in [3.05, 3.63) is 82.2 Å². The predicted molar refractivity (Wildman–Crippen MR) is 130 cm³/mol. The number of amides is 3. The Kier molecular flexibility index (Phi) is 8.31. The molecule has 1 aliphatic rings. The molecule has 3 amide bonds. The van der Waals surface area contributed by atoms with Crippen LogP contribution in [0.4, 0.5) is 4.39 Å². The van der Waals surface area contributed by atoms with Crippen molar-refractivity contribution in [1.82, 2.24) is 15.5 Å². The maximum Gasteiger partial charge on any atom is 0.287 e. The molecule has 35 heavy (non-hydrogen) atoms. The van der Waals surface area contributed by atoms with Gasteiger partial charge in [0.05, 0.1) is 19.4 Å². The summed E-state index contributed by atoms with van der Waals surface area (Å²) in [6.45, 7) is -0.146. The predicted octanol–water partition coefficient (Wildman–Crippen LogP) is 4.43. The van der Waals surface area contributed by atoms with Crippen LogP contribution >= 0.6 is 11.3 Å². The summed E-state index contributed by atoms with van der Waals surface area (Å²) in [7, 11) is 0. The highest BCUT2D eigenvalue weighted by molar-refractivity contribution is 7.09. The summed E-state index contributed by atoms with van der Waals surface area (Å²) in [6.07, 6.45) is 6.39. The highest BCUT2D eigenvalue weighted by atomic mass is 32.1. The molecule has 1 saturated carbocycles. The number of thiophene rings is 1. The van der Waals surface area contributed by atoms with Gasteiger partial charge in [-0.2, -0.15) is 0 Å². The van der Waals surface area contributed by atoms with Crippen LogP contribution < -0.4 is 10.6 Å². The maximum atomic E-state index is 13.7. The van der Waals surface area contributed by atoms with E-state index in [1.165, 1.54) is 52.8 Å². The minimum Gasteiger partial charge on any atom is -0.459 e. The summed E-state index contributed by atoms with van der Waals surface area (Å²) >= 11 is 1.47. The molecule has 0 saturated heterocycles. The lowest BCUT2D eigenvalue weighted by Crippen LogP contribution is -2.49. The molecule has 2 N–H and O–H groups in total. The van der Waals surface area contributed by atoms with Gasteiger partial charge in [-0.05, 0) is 54.1 Å². The Labute approximate surface area is 207 Å². The fourth-order valence-corrected chi connectivity index (χ4v) is 4.99. The molecule has 184 valence electrons. The second-order valence-corrected chi connectivity index (χ2v) is 9.59. The molecule has 0 radical (unpaired) electrons. The molecule has 0 bridgehead atoms. The summed E-state index contributed by atoms with van der Waals surface area (Å²) in [6, 6.07) is 11.5. The van der Waals surface area contributed by atoms with Gasteiger partial charge in [-0.15, -0.1) is 11.3 Å². The fourth-order valence-electron chi connectivity index (χ4n) is 4.29. The Hall–Kier alpha value is -3.46. The van der Waals surface area contributed by atoms with Crippen LogP contribution in [0.25, 0.3) is 0 Å². The molecule has 2 aromatic heterocycles. The molecule has 1 aromatic carbocycles. The Balaban J connectivity index is 1.60. The number of nitrogens with zero attached hydrogens (tertiary/aromatic N) is 1. The minimum atomic E-state index is -0.979. The van der Waals surface area contributed by atoms with Gasteiger partial charge >= 0.3 is 0 Å². The average Bonchev–Trinajstić information content (AvgIpc) is 3.58. The standard InChI is InChI=1S/C26H28FN3O4S/c27-19-12-10-18(11-13-19)24(26(33)29-20-6-2-1-3-7-20)30(17-21-8-5-15-35-21)23(31)16-28-25(32)22-9-4-14-34-22/h4-5,8-15,20,24H,1-3,6-7,16-17H2,(H,28,32)(H,29,33). The van der Waals surface area contributed by atoms with Crippen LogP contribution in [0.3, 0.4) is 0 Å². The van der Waals surface area contributed by atoms with Crippen molar-refractivity contribution in [2.24, 2.45) is 0 Å². The molecule has 0 aliphatic heterocycles. The van der Waals surface area contributed by atoms with Crippen molar-refractivity contribution in [2.75, 3.05) is 6.54 Å². The number of nitrogens with one attached hydrogen (secondary N) is 2. The second kappa shape index (κ2) is 11.8. The first-order chi connectivity index (χ1) is 17.0. The molecule has 7 nitrogen and oxygen atoms in total. The Bertz CT molecular complexity index is 1110. The normalized spacial score (nSPS) is 14.8. The van der Waals surface area contributed by atoms with Crippen molar-refractivity contribution in [3.8, 4) is 0 Å². The lowest BCUT2D eigenvalue weighted by Gasteiger charge is -2.33. The minimum absolute atomic E-state index is 0.0385. The first-order valence-corrected chi connectivity index (χ1v) is 12.6. The molecule has 0 spiro atoms. The lowest BCUT2D eigenvalue weighted by atomic mass is 9.94. The monoisotopic (exact) mass is 497 g/mol. The number of furan rings is 1. The number of carbonyl (C=O) groups is 3. The Morgan fingerprint density at radius 3 is 2.49 bits per heavy atom. The largest absolute Gasteiger partial charge is 0.459 e. The Morgan fingerprint density at radius 2 is 1.83 bits per heavy atom. The van der Waals surface area contributed by atoms with Crippen LogP contribution in [0.15, 0.2) is 64.6 Å². The van der Waals surface area contributed by atoms with E-state index >= 15 is 0 Å².